The van der Waals surface area contributed by atoms with Gasteiger partial charge in [0.2, 0.25) is 0 Å². The van der Waals surface area contributed by atoms with Gasteiger partial charge in [-0.15, -0.1) is 11.3 Å². The molecule has 0 atom stereocenters. The Labute approximate surface area is 108 Å². The van der Waals surface area contributed by atoms with Crippen molar-refractivity contribution >= 4 is 16.5 Å². The highest BCUT2D eigenvalue weighted by atomic mass is 32.1. The molecule has 17 heavy (non-hydrogen) atoms. The SMILES string of the molecule is CC(C)(C)C1CCN(Cc2csc(N)n2)CC1. The third-order valence-corrected chi connectivity index (χ3v) is 4.49. The molecule has 2 heterocycles. The molecule has 1 aliphatic rings. The van der Waals surface area contributed by atoms with Crippen LogP contribution in [0.2, 0.25) is 0 Å². The van der Waals surface area contributed by atoms with Crippen LogP contribution >= 0.6 is 11.3 Å². The molecule has 96 valence electrons. The molecule has 0 saturated carbocycles. The van der Waals surface area contributed by atoms with Gasteiger partial charge in [-0.3, -0.25) is 4.90 Å². The van der Waals surface area contributed by atoms with Crippen molar-refractivity contribution in [1.82, 2.24) is 9.88 Å². The van der Waals surface area contributed by atoms with Crippen molar-refractivity contribution in [2.24, 2.45) is 11.3 Å². The van der Waals surface area contributed by atoms with Crippen molar-refractivity contribution in [3.63, 3.8) is 0 Å². The van der Waals surface area contributed by atoms with Crippen LogP contribution in [0.3, 0.4) is 0 Å². The highest BCUT2D eigenvalue weighted by Gasteiger charge is 2.28. The summed E-state index contributed by atoms with van der Waals surface area (Å²) in [6.45, 7) is 10.4. The molecule has 1 aliphatic heterocycles. The van der Waals surface area contributed by atoms with Crippen LogP contribution in [-0.2, 0) is 6.54 Å². The van der Waals surface area contributed by atoms with E-state index < -0.39 is 0 Å². The smallest absolute Gasteiger partial charge is 0.180 e. The third-order valence-electron chi connectivity index (χ3n) is 3.77. The fourth-order valence-corrected chi connectivity index (χ4v) is 3.14. The van der Waals surface area contributed by atoms with Gasteiger partial charge in [0.25, 0.3) is 0 Å². The Kier molecular flexibility index (Phi) is 3.73. The van der Waals surface area contributed by atoms with Crippen molar-refractivity contribution in [2.45, 2.75) is 40.2 Å². The van der Waals surface area contributed by atoms with Gasteiger partial charge in [0.15, 0.2) is 5.13 Å². The minimum absolute atomic E-state index is 0.456. The number of piperidine rings is 1. The second-order valence-electron chi connectivity index (χ2n) is 6.09. The van der Waals surface area contributed by atoms with E-state index in [-0.39, 0.29) is 0 Å². The first kappa shape index (κ1) is 12.8. The molecular formula is C13H23N3S. The fraction of sp³-hybridized carbons (Fsp3) is 0.769. The van der Waals surface area contributed by atoms with Crippen LogP contribution in [0.25, 0.3) is 0 Å². The summed E-state index contributed by atoms with van der Waals surface area (Å²) < 4.78 is 0. The van der Waals surface area contributed by atoms with Crippen LogP contribution in [0.15, 0.2) is 5.38 Å². The van der Waals surface area contributed by atoms with E-state index in [1.54, 1.807) is 0 Å². The Hall–Kier alpha value is -0.610. The summed E-state index contributed by atoms with van der Waals surface area (Å²) >= 11 is 1.54. The first-order valence-electron chi connectivity index (χ1n) is 6.37. The molecule has 0 radical (unpaired) electrons. The molecular weight excluding hydrogens is 230 g/mol. The largest absolute Gasteiger partial charge is 0.375 e. The lowest BCUT2D eigenvalue weighted by Gasteiger charge is -2.38. The number of hydrogen-bond acceptors (Lipinski definition) is 4. The number of hydrogen-bond donors (Lipinski definition) is 1. The average Bonchev–Trinajstić information content (AvgIpc) is 2.63. The van der Waals surface area contributed by atoms with Crippen LogP contribution in [0.5, 0.6) is 0 Å². The Balaban J connectivity index is 1.83. The molecule has 1 aromatic heterocycles. The van der Waals surface area contributed by atoms with Gasteiger partial charge in [-0.05, 0) is 37.3 Å². The van der Waals surface area contributed by atoms with Gasteiger partial charge in [0.05, 0.1) is 5.69 Å². The Morgan fingerprint density at radius 2 is 2.06 bits per heavy atom. The number of aromatic nitrogens is 1. The van der Waals surface area contributed by atoms with Crippen molar-refractivity contribution in [3.8, 4) is 0 Å². The average molecular weight is 253 g/mol. The zero-order chi connectivity index (χ0) is 12.5. The Morgan fingerprint density at radius 1 is 1.41 bits per heavy atom. The fourth-order valence-electron chi connectivity index (χ4n) is 2.58. The van der Waals surface area contributed by atoms with E-state index in [2.05, 4.69) is 36.0 Å². The van der Waals surface area contributed by atoms with Crippen molar-refractivity contribution < 1.29 is 0 Å². The number of thiazole rings is 1. The van der Waals surface area contributed by atoms with E-state index >= 15 is 0 Å². The molecule has 0 aliphatic carbocycles. The normalized spacial score (nSPS) is 19.7. The highest BCUT2D eigenvalue weighted by Crippen LogP contribution is 2.34. The summed E-state index contributed by atoms with van der Waals surface area (Å²) in [6, 6.07) is 0. The lowest BCUT2D eigenvalue weighted by Crippen LogP contribution is -2.37. The summed E-state index contributed by atoms with van der Waals surface area (Å²) in [4.78, 5) is 6.82. The number of nitrogens with two attached hydrogens (primary N) is 1. The van der Waals surface area contributed by atoms with Crippen LogP contribution in [0.1, 0.15) is 39.3 Å². The van der Waals surface area contributed by atoms with Crippen LogP contribution < -0.4 is 5.73 Å². The summed E-state index contributed by atoms with van der Waals surface area (Å²) in [6.07, 6.45) is 2.62. The second-order valence-corrected chi connectivity index (χ2v) is 6.98. The van der Waals surface area contributed by atoms with Crippen molar-refractivity contribution in [2.75, 3.05) is 18.8 Å². The molecule has 1 aromatic rings. The molecule has 0 aromatic carbocycles. The van der Waals surface area contributed by atoms with Crippen LogP contribution in [-0.4, -0.2) is 23.0 Å². The lowest BCUT2D eigenvalue weighted by molar-refractivity contribution is 0.107. The minimum atomic E-state index is 0.456. The summed E-state index contributed by atoms with van der Waals surface area (Å²) in [5.74, 6) is 0.860. The predicted molar refractivity (Wildman–Crippen MR) is 74.0 cm³/mol. The van der Waals surface area contributed by atoms with E-state index in [4.69, 9.17) is 5.73 Å². The summed E-state index contributed by atoms with van der Waals surface area (Å²) in [7, 11) is 0. The van der Waals surface area contributed by atoms with Gasteiger partial charge in [-0.2, -0.15) is 0 Å². The number of nitrogen functional groups attached to an aromatic ring is 1. The second kappa shape index (κ2) is 4.94. The Bertz CT molecular complexity index is 359. The van der Waals surface area contributed by atoms with Gasteiger partial charge in [-0.1, -0.05) is 20.8 Å². The number of rotatable bonds is 2. The van der Waals surface area contributed by atoms with Crippen LogP contribution in [0, 0.1) is 11.3 Å². The first-order valence-corrected chi connectivity index (χ1v) is 7.25. The predicted octanol–water partition coefficient (Wildman–Crippen LogP) is 2.98. The molecule has 0 bridgehead atoms. The molecule has 0 spiro atoms. The topological polar surface area (TPSA) is 42.1 Å². The first-order chi connectivity index (χ1) is 7.95. The third kappa shape index (κ3) is 3.42. The number of likely N-dealkylation sites (tertiary alicyclic amines) is 1. The Morgan fingerprint density at radius 3 is 2.53 bits per heavy atom. The van der Waals surface area contributed by atoms with Gasteiger partial charge < -0.3 is 5.73 Å². The van der Waals surface area contributed by atoms with Crippen LogP contribution in [0.4, 0.5) is 5.13 Å². The van der Waals surface area contributed by atoms with Crippen molar-refractivity contribution in [1.29, 1.82) is 0 Å². The monoisotopic (exact) mass is 253 g/mol. The van der Waals surface area contributed by atoms with E-state index in [1.165, 1.54) is 37.3 Å². The maximum absolute atomic E-state index is 5.65. The summed E-state index contributed by atoms with van der Waals surface area (Å²) in [5.41, 5.74) is 7.23. The molecule has 0 unspecified atom stereocenters. The zero-order valence-electron chi connectivity index (χ0n) is 11.1. The quantitative estimate of drug-likeness (QED) is 0.881. The molecule has 2 N–H and O–H groups in total. The van der Waals surface area contributed by atoms with E-state index in [1.807, 2.05) is 0 Å². The van der Waals surface area contributed by atoms with Crippen molar-refractivity contribution in [3.05, 3.63) is 11.1 Å². The molecule has 4 heteroatoms. The van der Waals surface area contributed by atoms with Gasteiger partial charge in [0, 0.05) is 11.9 Å². The number of nitrogens with zero attached hydrogens (tertiary/aromatic N) is 2. The van der Waals surface area contributed by atoms with Gasteiger partial charge in [0.1, 0.15) is 0 Å². The molecule has 2 rings (SSSR count). The highest BCUT2D eigenvalue weighted by molar-refractivity contribution is 7.13. The van der Waals surface area contributed by atoms with E-state index in [9.17, 15) is 0 Å². The summed E-state index contributed by atoms with van der Waals surface area (Å²) in [5, 5.41) is 2.76. The molecule has 1 saturated heterocycles. The lowest BCUT2D eigenvalue weighted by atomic mass is 9.75. The van der Waals surface area contributed by atoms with Gasteiger partial charge in [-0.25, -0.2) is 4.98 Å². The van der Waals surface area contributed by atoms with Gasteiger partial charge >= 0.3 is 0 Å². The van der Waals surface area contributed by atoms with E-state index in [0.717, 1.165) is 18.2 Å². The van der Waals surface area contributed by atoms with E-state index in [0.29, 0.717) is 10.5 Å². The zero-order valence-corrected chi connectivity index (χ0v) is 11.9. The number of anilines is 1. The molecule has 3 nitrogen and oxygen atoms in total. The minimum Gasteiger partial charge on any atom is -0.375 e. The standard InChI is InChI=1S/C13H23N3S/c1-13(2,3)10-4-6-16(7-5-10)8-11-9-17-12(14)15-11/h9-10H,4-8H2,1-3H3,(H2,14,15). The maximum atomic E-state index is 5.65. The maximum Gasteiger partial charge on any atom is 0.180 e. The molecule has 0 amide bonds. The molecule has 1 fully saturated rings.